The normalized spacial score (nSPS) is 10.7. The van der Waals surface area contributed by atoms with Gasteiger partial charge in [-0.25, -0.2) is 8.78 Å². The quantitative estimate of drug-likeness (QED) is 0.513. The molecule has 10 heteroatoms. The molecule has 0 aliphatic carbocycles. The summed E-state index contributed by atoms with van der Waals surface area (Å²) in [5, 5.41) is 14.1. The van der Waals surface area contributed by atoms with Gasteiger partial charge in [0.2, 0.25) is 0 Å². The molecule has 2 aromatic rings. The number of ether oxygens (including phenoxy) is 1. The Balaban J connectivity index is 2.86. The van der Waals surface area contributed by atoms with Gasteiger partial charge in [0.05, 0.1) is 16.1 Å². The highest BCUT2D eigenvalue weighted by Crippen LogP contribution is 2.45. The summed E-state index contributed by atoms with van der Waals surface area (Å²) in [6, 6.07) is 7.44. The largest absolute Gasteiger partial charge is 0.486 e. The average molecular weight is 430 g/mol. The molecular formula is C16H14BrF2N3O4. The van der Waals surface area contributed by atoms with Gasteiger partial charge in [-0.1, -0.05) is 28.1 Å². The van der Waals surface area contributed by atoms with Crippen LogP contribution in [-0.2, 0) is 0 Å². The third-order valence-corrected chi connectivity index (χ3v) is 3.99. The van der Waals surface area contributed by atoms with Crippen molar-refractivity contribution < 1.29 is 23.2 Å². The van der Waals surface area contributed by atoms with E-state index in [-0.39, 0.29) is 22.6 Å². The highest BCUT2D eigenvalue weighted by Gasteiger charge is 2.28. The van der Waals surface area contributed by atoms with Crippen LogP contribution in [0, 0.1) is 10.1 Å². The van der Waals surface area contributed by atoms with Crippen LogP contribution < -0.4 is 15.8 Å². The first kappa shape index (κ1) is 19.6. The van der Waals surface area contributed by atoms with Crippen molar-refractivity contribution in [3.63, 3.8) is 0 Å². The van der Waals surface area contributed by atoms with Gasteiger partial charge < -0.3 is 15.8 Å². The number of nitro groups is 1. The monoisotopic (exact) mass is 429 g/mol. The van der Waals surface area contributed by atoms with Gasteiger partial charge in [0, 0.05) is 17.6 Å². The lowest BCUT2D eigenvalue weighted by Gasteiger charge is -2.18. The van der Waals surface area contributed by atoms with Gasteiger partial charge in [0.1, 0.15) is 18.0 Å². The number of rotatable bonds is 7. The second kappa shape index (κ2) is 8.09. The summed E-state index contributed by atoms with van der Waals surface area (Å²) in [6.07, 6.45) is -2.80. The summed E-state index contributed by atoms with van der Waals surface area (Å²) in [5.41, 5.74) is 5.06. The van der Waals surface area contributed by atoms with Crippen molar-refractivity contribution in [1.29, 1.82) is 0 Å². The van der Waals surface area contributed by atoms with E-state index in [9.17, 15) is 23.7 Å². The minimum Gasteiger partial charge on any atom is -0.486 e. The number of amides is 1. The number of hydrogen-bond acceptors (Lipinski definition) is 5. The van der Waals surface area contributed by atoms with E-state index >= 15 is 0 Å². The van der Waals surface area contributed by atoms with Crippen molar-refractivity contribution in [1.82, 2.24) is 0 Å². The lowest BCUT2D eigenvalue weighted by molar-refractivity contribution is -0.383. The molecule has 0 radical (unpaired) electrons. The number of carbonyl (C=O) groups excluding carboxylic acids is 1. The van der Waals surface area contributed by atoms with Crippen LogP contribution in [0.4, 0.5) is 20.2 Å². The Morgan fingerprint density at radius 3 is 2.46 bits per heavy atom. The van der Waals surface area contributed by atoms with Crippen molar-refractivity contribution in [2.45, 2.75) is 6.43 Å². The molecule has 0 aliphatic rings. The fourth-order valence-electron chi connectivity index (χ4n) is 2.42. The van der Waals surface area contributed by atoms with Crippen molar-refractivity contribution in [3.05, 3.63) is 50.5 Å². The standard InChI is InChI=1S/C16H14BrF2N3O4/c1-21-14-11(22(24)25)6-10(16(20)23)15(26-7-12(18)19)13(14)8-2-4-9(17)5-3-8/h2-6,12,21H,7H2,1H3,(H2,20,23). The molecule has 0 aromatic heterocycles. The van der Waals surface area contributed by atoms with Crippen LogP contribution in [0.2, 0.25) is 0 Å². The van der Waals surface area contributed by atoms with E-state index in [0.717, 1.165) is 10.5 Å². The van der Waals surface area contributed by atoms with Crippen molar-refractivity contribution in [2.24, 2.45) is 5.73 Å². The second-order valence-electron chi connectivity index (χ2n) is 5.10. The van der Waals surface area contributed by atoms with Crippen LogP contribution in [-0.4, -0.2) is 30.9 Å². The highest BCUT2D eigenvalue weighted by atomic mass is 79.9. The van der Waals surface area contributed by atoms with E-state index in [0.29, 0.717) is 5.56 Å². The Morgan fingerprint density at radius 1 is 1.38 bits per heavy atom. The van der Waals surface area contributed by atoms with Crippen molar-refractivity contribution >= 4 is 33.2 Å². The minimum atomic E-state index is -2.80. The minimum absolute atomic E-state index is 0.0200. The van der Waals surface area contributed by atoms with E-state index < -0.39 is 29.6 Å². The summed E-state index contributed by atoms with van der Waals surface area (Å²) in [6.45, 7) is -0.995. The number of nitrogens with one attached hydrogen (secondary N) is 1. The van der Waals surface area contributed by atoms with E-state index in [1.165, 1.54) is 7.05 Å². The fraction of sp³-hybridized carbons (Fsp3) is 0.188. The lowest BCUT2D eigenvalue weighted by atomic mass is 9.97. The maximum absolute atomic E-state index is 12.7. The third-order valence-electron chi connectivity index (χ3n) is 3.46. The number of nitro benzene ring substituents is 1. The van der Waals surface area contributed by atoms with Gasteiger partial charge in [-0.05, 0) is 17.7 Å². The Morgan fingerprint density at radius 2 is 2.00 bits per heavy atom. The zero-order valence-corrected chi connectivity index (χ0v) is 15.0. The molecule has 0 atom stereocenters. The van der Waals surface area contributed by atoms with E-state index in [1.54, 1.807) is 24.3 Å². The molecule has 3 N–H and O–H groups in total. The van der Waals surface area contributed by atoms with Crippen LogP contribution in [0.5, 0.6) is 5.75 Å². The Bertz CT molecular complexity index is 844. The number of anilines is 1. The topological polar surface area (TPSA) is 107 Å². The van der Waals surface area contributed by atoms with Gasteiger partial charge in [0.15, 0.2) is 0 Å². The number of nitrogens with two attached hydrogens (primary N) is 1. The maximum Gasteiger partial charge on any atom is 0.294 e. The van der Waals surface area contributed by atoms with Gasteiger partial charge in [-0.15, -0.1) is 0 Å². The molecular weight excluding hydrogens is 416 g/mol. The predicted molar refractivity (Wildman–Crippen MR) is 95.8 cm³/mol. The average Bonchev–Trinajstić information content (AvgIpc) is 2.58. The second-order valence-corrected chi connectivity index (χ2v) is 6.02. The van der Waals surface area contributed by atoms with Gasteiger partial charge >= 0.3 is 0 Å². The summed E-state index contributed by atoms with van der Waals surface area (Å²) < 4.78 is 31.2. The number of alkyl halides is 2. The number of carbonyl (C=O) groups is 1. The van der Waals surface area contributed by atoms with E-state index in [2.05, 4.69) is 21.2 Å². The summed E-state index contributed by atoms with van der Waals surface area (Å²) in [5.74, 6) is -1.27. The predicted octanol–water partition coefficient (Wildman–Crippen LogP) is 3.81. The Hall–Kier alpha value is -2.75. The molecule has 0 aliphatic heterocycles. The fourth-order valence-corrected chi connectivity index (χ4v) is 2.68. The zero-order chi connectivity index (χ0) is 19.4. The number of nitrogens with zero attached hydrogens (tertiary/aromatic N) is 1. The molecule has 0 fully saturated rings. The Kier molecular flexibility index (Phi) is 6.09. The summed E-state index contributed by atoms with van der Waals surface area (Å²) in [7, 11) is 1.44. The first-order valence-corrected chi connectivity index (χ1v) is 8.05. The number of halogens is 3. The molecule has 0 bridgehead atoms. The SMILES string of the molecule is CNc1c([N+](=O)[O-])cc(C(N)=O)c(OCC(F)F)c1-c1ccc(Br)cc1. The smallest absolute Gasteiger partial charge is 0.294 e. The van der Waals surface area contributed by atoms with Crippen molar-refractivity contribution in [3.8, 4) is 16.9 Å². The number of primary amides is 1. The number of benzene rings is 2. The van der Waals surface area contributed by atoms with Gasteiger partial charge in [0.25, 0.3) is 18.0 Å². The Labute approximate surface area is 155 Å². The molecule has 0 heterocycles. The molecule has 2 aromatic carbocycles. The maximum atomic E-state index is 12.7. The van der Waals surface area contributed by atoms with Crippen LogP contribution in [0.3, 0.4) is 0 Å². The molecule has 7 nitrogen and oxygen atoms in total. The molecule has 0 saturated heterocycles. The van der Waals surface area contributed by atoms with Crippen LogP contribution in [0.25, 0.3) is 11.1 Å². The van der Waals surface area contributed by atoms with Crippen molar-refractivity contribution in [2.75, 3.05) is 19.0 Å². The zero-order valence-electron chi connectivity index (χ0n) is 13.5. The van der Waals surface area contributed by atoms with Gasteiger partial charge in [-0.2, -0.15) is 0 Å². The third kappa shape index (κ3) is 4.07. The van der Waals surface area contributed by atoms with E-state index in [4.69, 9.17) is 10.5 Å². The molecule has 2 rings (SSSR count). The van der Waals surface area contributed by atoms with Crippen LogP contribution >= 0.6 is 15.9 Å². The number of hydrogen-bond donors (Lipinski definition) is 2. The van der Waals surface area contributed by atoms with Gasteiger partial charge in [-0.3, -0.25) is 14.9 Å². The summed E-state index contributed by atoms with van der Waals surface area (Å²) >= 11 is 3.27. The molecule has 138 valence electrons. The first-order valence-electron chi connectivity index (χ1n) is 7.26. The first-order chi connectivity index (χ1) is 12.3. The molecule has 0 spiro atoms. The molecule has 0 saturated carbocycles. The molecule has 1 amide bonds. The highest BCUT2D eigenvalue weighted by molar-refractivity contribution is 9.10. The molecule has 26 heavy (non-hydrogen) atoms. The van der Waals surface area contributed by atoms with E-state index in [1.807, 2.05) is 0 Å². The summed E-state index contributed by atoms with van der Waals surface area (Å²) in [4.78, 5) is 22.5. The lowest BCUT2D eigenvalue weighted by Crippen LogP contribution is -2.17. The molecule has 0 unspecified atom stereocenters. The van der Waals surface area contributed by atoms with Crippen LogP contribution in [0.1, 0.15) is 10.4 Å². The van der Waals surface area contributed by atoms with Crippen LogP contribution in [0.15, 0.2) is 34.8 Å².